The van der Waals surface area contributed by atoms with Gasteiger partial charge in [0.15, 0.2) is 5.78 Å². The highest BCUT2D eigenvalue weighted by Gasteiger charge is 2.60. The van der Waals surface area contributed by atoms with E-state index in [1.807, 2.05) is 6.08 Å². The van der Waals surface area contributed by atoms with Gasteiger partial charge in [-0.3, -0.25) is 9.59 Å². The molecule has 0 aromatic carbocycles. The Morgan fingerprint density at radius 2 is 1.88 bits per heavy atom. The normalized spacial score (nSPS) is 46.2. The first-order chi connectivity index (χ1) is 12.3. The first kappa shape index (κ1) is 17.7. The highest BCUT2D eigenvalue weighted by atomic mass is 16.5. The largest absolute Gasteiger partial charge is 0.462 e. The van der Waals surface area contributed by atoms with E-state index in [2.05, 4.69) is 19.0 Å². The highest BCUT2D eigenvalue weighted by molar-refractivity contribution is 5.98. The Balaban J connectivity index is 1.66. The Morgan fingerprint density at radius 1 is 1.19 bits per heavy atom. The minimum absolute atomic E-state index is 0.0235. The van der Waals surface area contributed by atoms with Gasteiger partial charge in [0.25, 0.3) is 0 Å². The summed E-state index contributed by atoms with van der Waals surface area (Å²) >= 11 is 0. The molecule has 0 bridgehead atoms. The van der Waals surface area contributed by atoms with Crippen LogP contribution in [-0.2, 0) is 14.3 Å². The lowest BCUT2D eigenvalue weighted by Gasteiger charge is -2.56. The topological polar surface area (TPSA) is 76.0 Å². The molecule has 0 spiro atoms. The summed E-state index contributed by atoms with van der Waals surface area (Å²) in [7, 11) is 0. The number of rotatable bonds is 1. The van der Waals surface area contributed by atoms with Crippen LogP contribution in [0.2, 0.25) is 0 Å². The van der Waals surface area contributed by atoms with Crippen LogP contribution >= 0.6 is 0 Å². The zero-order valence-electron chi connectivity index (χ0n) is 16.0. The van der Waals surface area contributed by atoms with Crippen LogP contribution in [0, 0.1) is 28.6 Å². The molecule has 4 aliphatic carbocycles. The molecule has 3 unspecified atom stereocenters. The molecule has 0 aromatic rings. The fraction of sp³-hybridized carbons (Fsp3) is 0.762. The molecule has 142 valence electrons. The molecule has 4 rings (SSSR count). The Labute approximate surface area is 154 Å². The lowest BCUT2D eigenvalue weighted by Crippen LogP contribution is -2.53. The summed E-state index contributed by atoms with van der Waals surface area (Å²) in [6, 6.07) is 0. The Kier molecular flexibility index (Phi) is 4.05. The Bertz CT molecular complexity index is 711. The summed E-state index contributed by atoms with van der Waals surface area (Å²) in [6.07, 6.45) is 8.04. The number of nitrogens with zero attached hydrogens (tertiary/aromatic N) is 1. The number of esters is 1. The number of allylic oxidation sites excluding steroid dienone is 1. The van der Waals surface area contributed by atoms with Gasteiger partial charge in [0.2, 0.25) is 0 Å². The summed E-state index contributed by atoms with van der Waals surface area (Å²) in [4.78, 5) is 24.5. The van der Waals surface area contributed by atoms with E-state index in [-0.39, 0.29) is 40.5 Å². The van der Waals surface area contributed by atoms with Gasteiger partial charge in [0.1, 0.15) is 6.10 Å². The molecule has 5 nitrogen and oxygen atoms in total. The van der Waals surface area contributed by atoms with Crippen molar-refractivity contribution in [1.29, 1.82) is 0 Å². The number of hydrogen-bond acceptors (Lipinski definition) is 5. The molecule has 3 saturated carbocycles. The second-order valence-corrected chi connectivity index (χ2v) is 9.24. The number of ketones is 1. The molecule has 0 aromatic heterocycles. The smallest absolute Gasteiger partial charge is 0.302 e. The van der Waals surface area contributed by atoms with Crippen LogP contribution in [0.3, 0.4) is 0 Å². The van der Waals surface area contributed by atoms with E-state index in [0.29, 0.717) is 12.3 Å². The maximum Gasteiger partial charge on any atom is 0.302 e. The minimum atomic E-state index is -0.241. The second kappa shape index (κ2) is 5.93. The zero-order chi connectivity index (χ0) is 18.7. The molecule has 0 aliphatic heterocycles. The number of oxime groups is 1. The van der Waals surface area contributed by atoms with Crippen molar-refractivity contribution < 1.29 is 19.5 Å². The van der Waals surface area contributed by atoms with E-state index in [0.717, 1.165) is 44.2 Å². The fourth-order valence-corrected chi connectivity index (χ4v) is 6.66. The van der Waals surface area contributed by atoms with Gasteiger partial charge in [-0.1, -0.05) is 24.6 Å². The van der Waals surface area contributed by atoms with Gasteiger partial charge in [-0.05, 0) is 61.9 Å². The average molecular weight is 359 g/mol. The quantitative estimate of drug-likeness (QED) is 0.438. The number of carbonyl (C=O) groups excluding carboxylic acids is 2. The van der Waals surface area contributed by atoms with Crippen LogP contribution in [0.5, 0.6) is 0 Å². The first-order valence-corrected chi connectivity index (χ1v) is 9.93. The molecule has 0 radical (unpaired) electrons. The van der Waals surface area contributed by atoms with Crippen molar-refractivity contribution in [2.45, 2.75) is 71.8 Å². The van der Waals surface area contributed by atoms with Gasteiger partial charge in [0, 0.05) is 24.7 Å². The van der Waals surface area contributed by atoms with Gasteiger partial charge >= 0.3 is 5.97 Å². The zero-order valence-corrected chi connectivity index (χ0v) is 16.0. The molecule has 4 aliphatic rings. The molecule has 3 fully saturated rings. The summed E-state index contributed by atoms with van der Waals surface area (Å²) in [5.74, 6) is 0.660. The average Bonchev–Trinajstić information content (AvgIpc) is 2.92. The van der Waals surface area contributed by atoms with Crippen LogP contribution in [0.25, 0.3) is 0 Å². The van der Waals surface area contributed by atoms with E-state index in [1.54, 1.807) is 0 Å². The molecule has 5 heteroatoms. The predicted octanol–water partition coefficient (Wildman–Crippen LogP) is 3.89. The van der Waals surface area contributed by atoms with E-state index in [9.17, 15) is 14.8 Å². The van der Waals surface area contributed by atoms with E-state index in [4.69, 9.17) is 4.74 Å². The van der Waals surface area contributed by atoms with Crippen LogP contribution in [0.15, 0.2) is 16.8 Å². The third-order valence-electron chi connectivity index (χ3n) is 8.09. The maximum atomic E-state index is 13.1. The SMILES string of the molecule is CC(=O)O[C@H]1CC[C@@]2(C)C(=CC(=O)C3C2CC[C@]2(C)/C(=N/O)CCC32)C1. The molecule has 0 amide bonds. The van der Waals surface area contributed by atoms with Crippen molar-refractivity contribution in [3.63, 3.8) is 0 Å². The standard InChI is InChI=1S/C21H29NO4/c1-12(23)26-14-6-8-20(2)13(10-14)11-17(24)19-15-4-5-18(22-25)21(15,3)9-7-16(19)20/h11,14-16,19,25H,4-10H2,1-3H3/b22-18+/t14-,15?,16?,19?,20-,21-/m0/s1. The second-order valence-electron chi connectivity index (χ2n) is 9.24. The van der Waals surface area contributed by atoms with Crippen LogP contribution < -0.4 is 0 Å². The number of ether oxygens (including phenoxy) is 1. The summed E-state index contributed by atoms with van der Waals surface area (Å²) in [5.41, 5.74) is 1.95. The lowest BCUT2D eigenvalue weighted by molar-refractivity contribution is -0.148. The van der Waals surface area contributed by atoms with Crippen molar-refractivity contribution in [3.8, 4) is 0 Å². The fourth-order valence-electron chi connectivity index (χ4n) is 6.66. The third kappa shape index (κ3) is 2.39. The molecule has 1 N–H and O–H groups in total. The Morgan fingerprint density at radius 3 is 2.58 bits per heavy atom. The monoisotopic (exact) mass is 359 g/mol. The minimum Gasteiger partial charge on any atom is -0.462 e. The van der Waals surface area contributed by atoms with E-state index < -0.39 is 0 Å². The van der Waals surface area contributed by atoms with Gasteiger partial charge in [-0.15, -0.1) is 0 Å². The summed E-state index contributed by atoms with van der Waals surface area (Å²) in [6.45, 7) is 5.95. The molecule has 0 heterocycles. The van der Waals surface area contributed by atoms with Gasteiger partial charge in [0.05, 0.1) is 5.71 Å². The number of hydrogen-bond donors (Lipinski definition) is 1. The molecule has 0 saturated heterocycles. The maximum absolute atomic E-state index is 13.1. The van der Waals surface area contributed by atoms with Gasteiger partial charge in [-0.25, -0.2) is 0 Å². The van der Waals surface area contributed by atoms with Gasteiger partial charge < -0.3 is 9.94 Å². The van der Waals surface area contributed by atoms with Gasteiger partial charge in [-0.2, -0.15) is 0 Å². The summed E-state index contributed by atoms with van der Waals surface area (Å²) < 4.78 is 5.44. The van der Waals surface area contributed by atoms with Crippen molar-refractivity contribution in [3.05, 3.63) is 11.6 Å². The lowest BCUT2D eigenvalue weighted by atomic mass is 9.47. The number of fused-ring (bicyclic) bond motifs is 5. The molecular weight excluding hydrogens is 330 g/mol. The van der Waals surface area contributed by atoms with Crippen molar-refractivity contribution in [2.24, 2.45) is 33.7 Å². The van der Waals surface area contributed by atoms with Crippen molar-refractivity contribution >= 4 is 17.5 Å². The van der Waals surface area contributed by atoms with E-state index >= 15 is 0 Å². The van der Waals surface area contributed by atoms with Crippen LogP contribution in [0.4, 0.5) is 0 Å². The van der Waals surface area contributed by atoms with Crippen molar-refractivity contribution in [2.75, 3.05) is 0 Å². The van der Waals surface area contributed by atoms with Crippen molar-refractivity contribution in [1.82, 2.24) is 0 Å². The predicted molar refractivity (Wildman–Crippen MR) is 96.9 cm³/mol. The van der Waals surface area contributed by atoms with E-state index in [1.165, 1.54) is 12.5 Å². The van der Waals surface area contributed by atoms with Crippen LogP contribution in [-0.4, -0.2) is 28.8 Å². The molecule has 26 heavy (non-hydrogen) atoms. The summed E-state index contributed by atoms with van der Waals surface area (Å²) in [5, 5.41) is 13.0. The molecule has 6 atom stereocenters. The third-order valence-corrected chi connectivity index (χ3v) is 8.09. The van der Waals surface area contributed by atoms with Crippen LogP contribution in [0.1, 0.15) is 65.7 Å². The Hall–Kier alpha value is -1.65. The highest BCUT2D eigenvalue weighted by Crippen LogP contribution is 2.63. The first-order valence-electron chi connectivity index (χ1n) is 9.93. The molecular formula is C21H29NO4. The number of carbonyl (C=O) groups is 2.